The Bertz CT molecular complexity index is 735. The van der Waals surface area contributed by atoms with Gasteiger partial charge in [-0.15, -0.1) is 0 Å². The molecule has 2 rings (SSSR count). The number of aromatic nitrogens is 2. The van der Waals surface area contributed by atoms with E-state index in [9.17, 15) is 9.59 Å². The number of thioether (sulfide) groups is 1. The predicted molar refractivity (Wildman–Crippen MR) is 89.3 cm³/mol. The highest BCUT2D eigenvalue weighted by Crippen LogP contribution is 2.24. The standard InChI is InChI=1S/C14H15ClN4O2S/c1-2-10(22-14-18-11(16)7-12(20)19-14)13(21)17-9-5-3-4-8(15)6-9/h3-7,10H,2H2,1H3,(H,17,21)(H3,16,18,19,20). The third-order valence-electron chi connectivity index (χ3n) is 2.75. The number of aromatic amines is 1. The molecular formula is C14H15ClN4O2S. The van der Waals surface area contributed by atoms with Gasteiger partial charge in [-0.25, -0.2) is 4.98 Å². The highest BCUT2D eigenvalue weighted by Gasteiger charge is 2.19. The van der Waals surface area contributed by atoms with Gasteiger partial charge in [0.2, 0.25) is 5.91 Å². The first-order valence-corrected chi connectivity index (χ1v) is 7.83. The largest absolute Gasteiger partial charge is 0.383 e. The van der Waals surface area contributed by atoms with Crippen molar-refractivity contribution < 1.29 is 4.79 Å². The van der Waals surface area contributed by atoms with Crippen LogP contribution in [-0.4, -0.2) is 21.1 Å². The lowest BCUT2D eigenvalue weighted by molar-refractivity contribution is -0.115. The van der Waals surface area contributed by atoms with Gasteiger partial charge in [0.05, 0.1) is 5.25 Å². The molecule has 0 saturated carbocycles. The second-order valence-electron chi connectivity index (χ2n) is 4.49. The van der Waals surface area contributed by atoms with E-state index in [4.69, 9.17) is 17.3 Å². The molecule has 22 heavy (non-hydrogen) atoms. The molecule has 116 valence electrons. The molecule has 1 aromatic carbocycles. The van der Waals surface area contributed by atoms with Crippen LogP contribution >= 0.6 is 23.4 Å². The van der Waals surface area contributed by atoms with Crippen molar-refractivity contribution in [1.82, 2.24) is 9.97 Å². The molecular weight excluding hydrogens is 324 g/mol. The molecule has 0 aliphatic heterocycles. The summed E-state index contributed by atoms with van der Waals surface area (Å²) in [5, 5.41) is 3.23. The van der Waals surface area contributed by atoms with Crippen molar-refractivity contribution in [3.8, 4) is 0 Å². The lowest BCUT2D eigenvalue weighted by Crippen LogP contribution is -2.25. The number of nitrogen functional groups attached to an aromatic ring is 1. The van der Waals surface area contributed by atoms with Crippen LogP contribution in [0.3, 0.4) is 0 Å². The molecule has 6 nitrogen and oxygen atoms in total. The van der Waals surface area contributed by atoms with Crippen LogP contribution in [0, 0.1) is 0 Å². The van der Waals surface area contributed by atoms with Crippen LogP contribution in [0.4, 0.5) is 11.5 Å². The number of carbonyl (C=O) groups excluding carboxylic acids is 1. The summed E-state index contributed by atoms with van der Waals surface area (Å²) in [6.07, 6.45) is 0.565. The van der Waals surface area contributed by atoms with E-state index in [1.54, 1.807) is 24.3 Å². The van der Waals surface area contributed by atoms with Crippen LogP contribution in [0.2, 0.25) is 5.02 Å². The number of anilines is 2. The third-order valence-corrected chi connectivity index (χ3v) is 4.23. The first kappa shape index (κ1) is 16.4. The number of benzene rings is 1. The lowest BCUT2D eigenvalue weighted by Gasteiger charge is -2.14. The molecule has 1 unspecified atom stereocenters. The molecule has 4 N–H and O–H groups in total. The van der Waals surface area contributed by atoms with Crippen LogP contribution in [0.15, 0.2) is 40.3 Å². The van der Waals surface area contributed by atoms with E-state index in [1.165, 1.54) is 6.07 Å². The molecule has 1 amide bonds. The van der Waals surface area contributed by atoms with E-state index in [2.05, 4.69) is 15.3 Å². The van der Waals surface area contributed by atoms with E-state index >= 15 is 0 Å². The number of amides is 1. The first-order chi connectivity index (χ1) is 10.5. The molecule has 0 fully saturated rings. The fourth-order valence-electron chi connectivity index (χ4n) is 1.76. The van der Waals surface area contributed by atoms with Gasteiger partial charge in [-0.2, -0.15) is 0 Å². The minimum atomic E-state index is -0.413. The maximum atomic E-state index is 12.3. The number of hydrogen-bond acceptors (Lipinski definition) is 5. The van der Waals surface area contributed by atoms with Crippen molar-refractivity contribution in [3.63, 3.8) is 0 Å². The molecule has 0 spiro atoms. The van der Waals surface area contributed by atoms with E-state index in [0.29, 0.717) is 22.3 Å². The molecule has 0 aliphatic rings. The number of carbonyl (C=O) groups is 1. The molecule has 0 aliphatic carbocycles. The monoisotopic (exact) mass is 338 g/mol. The Balaban J connectivity index is 2.10. The maximum Gasteiger partial charge on any atom is 0.253 e. The molecule has 0 saturated heterocycles. The Hall–Kier alpha value is -1.99. The zero-order valence-corrected chi connectivity index (χ0v) is 13.4. The van der Waals surface area contributed by atoms with Gasteiger partial charge < -0.3 is 16.0 Å². The predicted octanol–water partition coefficient (Wildman–Crippen LogP) is 2.51. The quantitative estimate of drug-likeness (QED) is 0.574. The fraction of sp³-hybridized carbons (Fsp3) is 0.214. The van der Waals surface area contributed by atoms with Crippen LogP contribution in [0.5, 0.6) is 0 Å². The summed E-state index contributed by atoms with van der Waals surface area (Å²) in [5.41, 5.74) is 5.80. The average Bonchev–Trinajstić information content (AvgIpc) is 2.43. The van der Waals surface area contributed by atoms with Crippen LogP contribution < -0.4 is 16.6 Å². The van der Waals surface area contributed by atoms with Crippen molar-refractivity contribution in [2.75, 3.05) is 11.1 Å². The molecule has 2 aromatic rings. The second-order valence-corrected chi connectivity index (χ2v) is 6.12. The van der Waals surface area contributed by atoms with Crippen molar-refractivity contribution in [1.29, 1.82) is 0 Å². The number of rotatable bonds is 5. The van der Waals surface area contributed by atoms with Crippen molar-refractivity contribution in [2.45, 2.75) is 23.8 Å². The lowest BCUT2D eigenvalue weighted by atomic mass is 10.3. The number of nitrogens with two attached hydrogens (primary N) is 1. The summed E-state index contributed by atoms with van der Waals surface area (Å²) in [6, 6.07) is 8.09. The number of nitrogens with zero attached hydrogens (tertiary/aromatic N) is 1. The zero-order chi connectivity index (χ0) is 16.1. The van der Waals surface area contributed by atoms with Gasteiger partial charge in [-0.05, 0) is 24.6 Å². The molecule has 8 heteroatoms. The Kier molecular flexibility index (Phi) is 5.46. The normalized spacial score (nSPS) is 11.9. The maximum absolute atomic E-state index is 12.3. The second kappa shape index (κ2) is 7.33. The topological polar surface area (TPSA) is 101 Å². The molecule has 1 heterocycles. The van der Waals surface area contributed by atoms with Crippen molar-refractivity contribution in [2.24, 2.45) is 0 Å². The Morgan fingerprint density at radius 1 is 1.50 bits per heavy atom. The highest BCUT2D eigenvalue weighted by atomic mass is 35.5. The minimum absolute atomic E-state index is 0.122. The number of halogens is 1. The molecule has 1 aromatic heterocycles. The van der Waals surface area contributed by atoms with Gasteiger partial charge in [0, 0.05) is 16.8 Å². The summed E-state index contributed by atoms with van der Waals surface area (Å²) in [7, 11) is 0. The average molecular weight is 339 g/mol. The van der Waals surface area contributed by atoms with Gasteiger partial charge in [-0.1, -0.05) is 36.4 Å². The molecule has 1 atom stereocenters. The van der Waals surface area contributed by atoms with Gasteiger partial charge in [-0.3, -0.25) is 9.59 Å². The van der Waals surface area contributed by atoms with Gasteiger partial charge in [0.1, 0.15) is 5.82 Å². The Morgan fingerprint density at radius 2 is 2.27 bits per heavy atom. The van der Waals surface area contributed by atoms with Crippen LogP contribution in [0.1, 0.15) is 13.3 Å². The minimum Gasteiger partial charge on any atom is -0.383 e. The van der Waals surface area contributed by atoms with Gasteiger partial charge >= 0.3 is 0 Å². The van der Waals surface area contributed by atoms with E-state index < -0.39 is 5.25 Å². The van der Waals surface area contributed by atoms with E-state index in [-0.39, 0.29) is 17.3 Å². The number of H-pyrrole nitrogens is 1. The molecule has 0 bridgehead atoms. The van der Waals surface area contributed by atoms with E-state index in [0.717, 1.165) is 11.8 Å². The smallest absolute Gasteiger partial charge is 0.253 e. The van der Waals surface area contributed by atoms with Crippen LogP contribution in [0.25, 0.3) is 0 Å². The highest BCUT2D eigenvalue weighted by molar-refractivity contribution is 8.00. The molecule has 0 radical (unpaired) electrons. The summed E-state index contributed by atoms with van der Waals surface area (Å²) >= 11 is 7.04. The van der Waals surface area contributed by atoms with Crippen LogP contribution in [-0.2, 0) is 4.79 Å². The summed E-state index contributed by atoms with van der Waals surface area (Å²) in [5.74, 6) is -0.0730. The Labute approximate surface area is 136 Å². The zero-order valence-electron chi connectivity index (χ0n) is 11.8. The SMILES string of the molecule is CCC(Sc1nc(N)cc(=O)[nH]1)C(=O)Nc1cccc(Cl)c1. The van der Waals surface area contributed by atoms with Crippen molar-refractivity contribution in [3.05, 3.63) is 45.7 Å². The van der Waals surface area contributed by atoms with Gasteiger partial charge in [0.15, 0.2) is 5.16 Å². The summed E-state index contributed by atoms with van der Waals surface area (Å²) in [4.78, 5) is 30.2. The number of nitrogens with one attached hydrogen (secondary N) is 2. The summed E-state index contributed by atoms with van der Waals surface area (Å²) < 4.78 is 0. The fourth-order valence-corrected chi connectivity index (χ4v) is 2.87. The van der Waals surface area contributed by atoms with Gasteiger partial charge in [0.25, 0.3) is 5.56 Å². The Morgan fingerprint density at radius 3 is 2.91 bits per heavy atom. The first-order valence-electron chi connectivity index (χ1n) is 6.58. The van der Waals surface area contributed by atoms with E-state index in [1.807, 2.05) is 6.92 Å². The van der Waals surface area contributed by atoms with Crippen molar-refractivity contribution >= 4 is 40.8 Å². The third kappa shape index (κ3) is 4.51. The number of hydrogen-bond donors (Lipinski definition) is 3. The summed E-state index contributed by atoms with van der Waals surface area (Å²) in [6.45, 7) is 1.87.